The number of fused-ring (bicyclic) bond motifs is 2. The molecule has 48 heavy (non-hydrogen) atoms. The van der Waals surface area contributed by atoms with Gasteiger partial charge in [0, 0.05) is 43.3 Å². The lowest BCUT2D eigenvalue weighted by Gasteiger charge is -2.41. The third-order valence-electron chi connectivity index (χ3n) is 10.6. The van der Waals surface area contributed by atoms with Crippen LogP contribution in [0.2, 0.25) is 0 Å². The third kappa shape index (κ3) is 6.42. The van der Waals surface area contributed by atoms with Gasteiger partial charge in [-0.25, -0.2) is 0 Å². The second-order valence-electron chi connectivity index (χ2n) is 13.9. The highest BCUT2D eigenvalue weighted by atomic mass is 16.5. The third-order valence-corrected chi connectivity index (χ3v) is 10.6. The normalized spacial score (nSPS) is 25.8. The summed E-state index contributed by atoms with van der Waals surface area (Å²) in [5.41, 5.74) is 14.9. The van der Waals surface area contributed by atoms with Gasteiger partial charge >= 0.3 is 0 Å². The van der Waals surface area contributed by atoms with Gasteiger partial charge in [0.1, 0.15) is 11.9 Å². The van der Waals surface area contributed by atoms with Crippen molar-refractivity contribution in [3.63, 3.8) is 0 Å². The number of nitrogens with two attached hydrogens (primary N) is 1. The number of ketones is 1. The lowest BCUT2D eigenvalue weighted by atomic mass is 9.67. The zero-order valence-corrected chi connectivity index (χ0v) is 27.6. The fraction of sp³-hybridized carbons (Fsp3) is 0.487. The molecule has 0 amide bonds. The minimum Gasteiger partial charge on any atom is -0.504 e. The monoisotopic (exact) mass is 650 g/mol. The number of aromatic hydroxyl groups is 1. The van der Waals surface area contributed by atoms with Crippen LogP contribution in [0.15, 0.2) is 58.9 Å². The van der Waals surface area contributed by atoms with Crippen molar-refractivity contribution < 1.29 is 24.9 Å². The molecule has 0 saturated carbocycles. The number of phenolic OH excluding ortho intramolecular Hbond substituents is 1. The molecule has 2 aromatic rings. The summed E-state index contributed by atoms with van der Waals surface area (Å²) < 4.78 is 6.47. The highest BCUT2D eigenvalue weighted by Crippen LogP contribution is 2.51. The molecule has 4 aliphatic heterocycles. The van der Waals surface area contributed by atoms with E-state index in [-0.39, 0.29) is 36.5 Å². The molecule has 6 unspecified atom stereocenters. The van der Waals surface area contributed by atoms with Crippen molar-refractivity contribution in [1.29, 1.82) is 0 Å². The second-order valence-corrected chi connectivity index (χ2v) is 13.9. The number of rotatable bonds is 11. The van der Waals surface area contributed by atoms with Gasteiger partial charge in [-0.2, -0.15) is 0 Å². The molecule has 2 bridgehead atoms. The van der Waals surface area contributed by atoms with Crippen LogP contribution in [0.5, 0.6) is 11.5 Å². The Morgan fingerprint density at radius 3 is 2.90 bits per heavy atom. The van der Waals surface area contributed by atoms with Gasteiger partial charge in [-0.05, 0) is 77.1 Å². The molecule has 4 heterocycles. The molecule has 252 valence electrons. The van der Waals surface area contributed by atoms with Gasteiger partial charge in [0.05, 0.1) is 30.9 Å². The molecule has 0 saturated heterocycles. The minimum atomic E-state index is -0.971. The van der Waals surface area contributed by atoms with Gasteiger partial charge in [0.2, 0.25) is 0 Å². The number of nitrogens with one attached hydrogen (secondary N) is 1. The van der Waals surface area contributed by atoms with Crippen LogP contribution in [-0.2, 0) is 11.2 Å². The van der Waals surface area contributed by atoms with E-state index in [0.717, 1.165) is 77.8 Å². The maximum atomic E-state index is 12.6. The number of allylic oxidation sites excluding steroid dienone is 1. The molecule has 5 aliphatic rings. The number of hydrogen-bond acceptors (Lipinski definition) is 9. The summed E-state index contributed by atoms with van der Waals surface area (Å²) in [6.45, 7) is 3.48. The zero-order valence-electron chi connectivity index (χ0n) is 27.6. The minimum absolute atomic E-state index is 0.00339. The summed E-state index contributed by atoms with van der Waals surface area (Å²) in [7, 11) is 0. The van der Waals surface area contributed by atoms with Crippen molar-refractivity contribution in [2.75, 3.05) is 13.1 Å². The van der Waals surface area contributed by atoms with E-state index < -0.39 is 18.4 Å². The van der Waals surface area contributed by atoms with Crippen LogP contribution in [0.4, 0.5) is 0 Å². The number of aliphatic hydroxyl groups excluding tert-OH is 2. The molecule has 7 rings (SSSR count). The number of aliphatic hydroxyl groups is 2. The van der Waals surface area contributed by atoms with Crippen molar-refractivity contribution in [3.8, 4) is 23.3 Å². The zero-order chi connectivity index (χ0) is 33.4. The first kappa shape index (κ1) is 32.6. The summed E-state index contributed by atoms with van der Waals surface area (Å²) in [6, 6.07) is 9.21. The van der Waals surface area contributed by atoms with E-state index in [9.17, 15) is 20.1 Å². The number of carbonyl (C=O) groups is 1. The van der Waals surface area contributed by atoms with Gasteiger partial charge in [0.15, 0.2) is 17.7 Å². The average molecular weight is 651 g/mol. The Labute approximate surface area is 282 Å². The number of aryl methyl sites for hydroxylation is 1. The predicted molar refractivity (Wildman–Crippen MR) is 184 cm³/mol. The largest absolute Gasteiger partial charge is 0.504 e. The molecule has 2 aromatic carbocycles. The second kappa shape index (κ2) is 13.9. The standard InChI is InChI=1S/C39H46N4O5/c1-2-3-4-6-25(44)18-26(45)12-9-23-10-16-34(47)35(17-23)48-36-8-5-7-33(46)28-14-15-29-37-24(19-42-39(29)40)11-13-27(38(28)37)30-20-41-32-22-43(36)21-31(30)32/h10,14-17,20-21,24-25,27,33,36,39,42,44,46-47H,2-4,6,8-9,11-13,18-19,22,40H2,1H3. The van der Waals surface area contributed by atoms with E-state index in [1.807, 2.05) is 18.3 Å². The van der Waals surface area contributed by atoms with Crippen LogP contribution in [0.3, 0.4) is 0 Å². The summed E-state index contributed by atoms with van der Waals surface area (Å²) in [6.07, 6.45) is 8.67. The maximum Gasteiger partial charge on any atom is 0.183 e. The summed E-state index contributed by atoms with van der Waals surface area (Å²) in [5, 5.41) is 36.0. The topological polar surface area (TPSA) is 141 Å². The van der Waals surface area contributed by atoms with E-state index in [4.69, 9.17) is 15.5 Å². The number of unbranched alkanes of at least 4 members (excludes halogenated alkanes) is 2. The molecule has 9 nitrogen and oxygen atoms in total. The molecule has 6 N–H and O–H groups in total. The van der Waals surface area contributed by atoms with E-state index in [0.29, 0.717) is 37.5 Å². The van der Waals surface area contributed by atoms with Crippen LogP contribution < -0.4 is 15.8 Å². The quantitative estimate of drug-likeness (QED) is 0.167. The molecule has 1 aliphatic carbocycles. The van der Waals surface area contributed by atoms with Crippen LogP contribution in [0.1, 0.15) is 117 Å². The highest BCUT2D eigenvalue weighted by Gasteiger charge is 2.41. The van der Waals surface area contributed by atoms with E-state index in [1.54, 1.807) is 18.2 Å². The predicted octanol–water partition coefficient (Wildman–Crippen LogP) is 5.13. The molecule has 6 atom stereocenters. The molecule has 9 heteroatoms. The van der Waals surface area contributed by atoms with E-state index >= 15 is 0 Å². The van der Waals surface area contributed by atoms with Crippen LogP contribution in [0.25, 0.3) is 0 Å². The smallest absolute Gasteiger partial charge is 0.183 e. The number of ether oxygens (including phenoxy) is 1. The Bertz CT molecular complexity index is 1740. The molecule has 0 spiro atoms. The van der Waals surface area contributed by atoms with E-state index in [2.05, 4.69) is 35.2 Å². The fourth-order valence-corrected chi connectivity index (χ4v) is 8.03. The SMILES string of the molecule is CCCCCC(O)CC(=O)CCc1ccc(O)c(OC2CC#CC(O)c3ccc4c5c3C(CCC5CNC4N)C3=CN=C4CN2C=C34)c1. The van der Waals surface area contributed by atoms with Gasteiger partial charge in [-0.15, -0.1) is 0 Å². The van der Waals surface area contributed by atoms with Crippen molar-refractivity contribution in [1.82, 2.24) is 10.2 Å². The molecular formula is C39H46N4O5. The van der Waals surface area contributed by atoms with Crippen molar-refractivity contribution >= 4 is 11.5 Å². The first-order valence-electron chi connectivity index (χ1n) is 17.6. The number of nitrogens with zero attached hydrogens (tertiary/aromatic N) is 2. The Balaban J connectivity index is 1.13. The van der Waals surface area contributed by atoms with E-state index in [1.165, 1.54) is 5.56 Å². The number of Topliss-reactive ketones (excluding diaryl/α,β-unsaturated/α-hetero) is 1. The first-order valence-corrected chi connectivity index (χ1v) is 17.6. The van der Waals surface area contributed by atoms with Crippen LogP contribution >= 0.6 is 0 Å². The number of carbonyl (C=O) groups excluding carboxylic acids is 1. The lowest BCUT2D eigenvalue weighted by Crippen LogP contribution is -2.40. The molecular weight excluding hydrogens is 604 g/mol. The van der Waals surface area contributed by atoms with Crippen LogP contribution in [-0.4, -0.2) is 57.1 Å². The lowest BCUT2D eigenvalue weighted by molar-refractivity contribution is -0.121. The molecule has 0 radical (unpaired) electrons. The van der Waals surface area contributed by atoms with Gasteiger partial charge in [-0.1, -0.05) is 56.2 Å². The number of phenols is 1. The Hall–Kier alpha value is -3.94. The average Bonchev–Trinajstić information content (AvgIpc) is 3.67. The van der Waals surface area contributed by atoms with Crippen molar-refractivity contribution in [2.24, 2.45) is 10.7 Å². The summed E-state index contributed by atoms with van der Waals surface area (Å²) in [5.74, 6) is 7.06. The molecule has 0 fully saturated rings. The number of hydrogen-bond donors (Lipinski definition) is 5. The Morgan fingerprint density at radius 1 is 1.19 bits per heavy atom. The van der Waals surface area contributed by atoms with Gasteiger partial charge < -0.3 is 30.7 Å². The number of benzene rings is 2. The Morgan fingerprint density at radius 2 is 2.04 bits per heavy atom. The van der Waals surface area contributed by atoms with Gasteiger partial charge in [-0.3, -0.25) is 15.1 Å². The first-order chi connectivity index (χ1) is 23.3. The Kier molecular flexibility index (Phi) is 9.43. The number of aliphatic imine (C=N–C) groups is 1. The van der Waals surface area contributed by atoms with Crippen molar-refractivity contribution in [2.45, 2.75) is 108 Å². The van der Waals surface area contributed by atoms with Gasteiger partial charge in [0.25, 0.3) is 0 Å². The van der Waals surface area contributed by atoms with Crippen LogP contribution in [0, 0.1) is 11.8 Å². The molecule has 0 aromatic heterocycles. The fourth-order valence-electron chi connectivity index (χ4n) is 8.03. The summed E-state index contributed by atoms with van der Waals surface area (Å²) in [4.78, 5) is 19.5. The van der Waals surface area contributed by atoms with Crippen molar-refractivity contribution in [3.05, 3.63) is 81.7 Å². The highest BCUT2D eigenvalue weighted by molar-refractivity contribution is 6.09. The summed E-state index contributed by atoms with van der Waals surface area (Å²) >= 11 is 0. The maximum absolute atomic E-state index is 12.6.